The Morgan fingerprint density at radius 2 is 1.68 bits per heavy atom. The summed E-state index contributed by atoms with van der Waals surface area (Å²) in [6.45, 7) is 8.53. The first kappa shape index (κ1) is 17.0. The first-order chi connectivity index (χ1) is 8.60. The van der Waals surface area contributed by atoms with Gasteiger partial charge in [0.25, 0.3) is 0 Å². The molecule has 4 N–H and O–H groups in total. The smallest absolute Gasteiger partial charge is 0.426 e. The Labute approximate surface area is 112 Å². The zero-order valence-electron chi connectivity index (χ0n) is 11.9. The van der Waals surface area contributed by atoms with Crippen LogP contribution in [0.1, 0.15) is 34.6 Å². The summed E-state index contributed by atoms with van der Waals surface area (Å²) >= 11 is 0. The van der Waals surface area contributed by atoms with Crippen LogP contribution in [0.4, 0.5) is 9.59 Å². The summed E-state index contributed by atoms with van der Waals surface area (Å²) in [7, 11) is 0. The minimum atomic E-state index is -0.783. The van der Waals surface area contributed by atoms with E-state index in [0.717, 1.165) is 0 Å². The normalized spacial score (nSPS) is 10.6. The van der Waals surface area contributed by atoms with Gasteiger partial charge in [-0.05, 0) is 34.6 Å². The molecule has 0 saturated carbocycles. The van der Waals surface area contributed by atoms with Crippen LogP contribution in [-0.2, 0) is 9.53 Å². The lowest BCUT2D eigenvalue weighted by atomic mass is 10.2. The Morgan fingerprint density at radius 1 is 1.11 bits per heavy atom. The molecule has 0 spiro atoms. The van der Waals surface area contributed by atoms with Gasteiger partial charge >= 0.3 is 12.1 Å². The molecule has 0 radical (unpaired) electrons. The number of ether oxygens (including phenoxy) is 1. The zero-order valence-corrected chi connectivity index (χ0v) is 11.9. The van der Waals surface area contributed by atoms with Gasteiger partial charge in [-0.25, -0.2) is 20.4 Å². The van der Waals surface area contributed by atoms with Gasteiger partial charge < -0.3 is 15.4 Å². The van der Waals surface area contributed by atoms with E-state index in [1.54, 1.807) is 20.8 Å². The predicted octanol–water partition coefficient (Wildman–Crippen LogP) is 0.250. The molecule has 0 saturated heterocycles. The minimum absolute atomic E-state index is 0.00255. The van der Waals surface area contributed by atoms with Crippen LogP contribution in [-0.4, -0.2) is 36.2 Å². The van der Waals surface area contributed by atoms with Crippen molar-refractivity contribution in [2.75, 3.05) is 6.54 Å². The second-order valence-corrected chi connectivity index (χ2v) is 5.16. The molecule has 110 valence electrons. The molecule has 0 atom stereocenters. The highest BCUT2D eigenvalue weighted by Crippen LogP contribution is 2.05. The van der Waals surface area contributed by atoms with E-state index < -0.39 is 17.7 Å². The van der Waals surface area contributed by atoms with Gasteiger partial charge in [-0.15, -0.1) is 0 Å². The Bertz CT molecular complexity index is 336. The van der Waals surface area contributed by atoms with Crippen molar-refractivity contribution in [1.29, 1.82) is 0 Å². The summed E-state index contributed by atoms with van der Waals surface area (Å²) in [5, 5.41) is 4.87. The number of urea groups is 1. The summed E-state index contributed by atoms with van der Waals surface area (Å²) < 4.78 is 4.89. The van der Waals surface area contributed by atoms with E-state index in [1.807, 2.05) is 19.3 Å². The van der Waals surface area contributed by atoms with Crippen LogP contribution in [0.15, 0.2) is 0 Å². The molecular weight excluding hydrogens is 252 g/mol. The van der Waals surface area contributed by atoms with Crippen molar-refractivity contribution in [3.63, 3.8) is 0 Å². The number of rotatable bonds is 3. The van der Waals surface area contributed by atoms with Crippen molar-refractivity contribution < 1.29 is 19.1 Å². The maximum Gasteiger partial charge on any atom is 0.426 e. The second kappa shape index (κ2) is 7.45. The monoisotopic (exact) mass is 274 g/mol. The highest BCUT2D eigenvalue weighted by atomic mass is 16.6. The van der Waals surface area contributed by atoms with Crippen LogP contribution in [0.25, 0.3) is 0 Å². The molecule has 0 heterocycles. The van der Waals surface area contributed by atoms with E-state index in [0.29, 0.717) is 0 Å². The molecule has 0 aliphatic rings. The van der Waals surface area contributed by atoms with Gasteiger partial charge in [-0.1, -0.05) is 0 Å². The largest absolute Gasteiger partial charge is 0.443 e. The molecule has 4 amide bonds. The first-order valence-corrected chi connectivity index (χ1v) is 5.92. The number of carbonyl (C=O) groups excluding carboxylic acids is 3. The van der Waals surface area contributed by atoms with Gasteiger partial charge in [-0.2, -0.15) is 0 Å². The third-order valence-electron chi connectivity index (χ3n) is 1.54. The number of hydrazine groups is 1. The fourth-order valence-electron chi connectivity index (χ4n) is 0.989. The number of hydrogen-bond donors (Lipinski definition) is 4. The zero-order chi connectivity index (χ0) is 15.1. The number of nitrogens with one attached hydrogen (secondary N) is 4. The standard InChI is InChI=1S/C11H22N4O4/c1-7(2)13-8(16)6-12-9(17)14-15-10(18)19-11(3,4)5/h7H,6H2,1-5H3,(H,13,16)(H,15,18)(H2,12,14,17). The van der Waals surface area contributed by atoms with Crippen molar-refractivity contribution >= 4 is 18.0 Å². The summed E-state index contributed by atoms with van der Waals surface area (Å²) in [5.41, 5.74) is 3.45. The lowest BCUT2D eigenvalue weighted by molar-refractivity contribution is -0.120. The Hall–Kier alpha value is -1.99. The molecule has 0 aromatic carbocycles. The lowest BCUT2D eigenvalue weighted by Gasteiger charge is -2.19. The van der Waals surface area contributed by atoms with Gasteiger partial charge in [0.15, 0.2) is 0 Å². The summed E-state index contributed by atoms with van der Waals surface area (Å²) in [4.78, 5) is 33.6. The van der Waals surface area contributed by atoms with Gasteiger partial charge in [0.2, 0.25) is 5.91 Å². The summed E-state index contributed by atoms with van der Waals surface area (Å²) in [6.07, 6.45) is -0.783. The topological polar surface area (TPSA) is 109 Å². The quantitative estimate of drug-likeness (QED) is 0.553. The van der Waals surface area contributed by atoms with Crippen LogP contribution in [0, 0.1) is 0 Å². The van der Waals surface area contributed by atoms with Crippen LogP contribution < -0.4 is 21.5 Å². The molecule has 19 heavy (non-hydrogen) atoms. The van der Waals surface area contributed by atoms with Crippen molar-refractivity contribution in [2.24, 2.45) is 0 Å². The molecule has 0 aliphatic carbocycles. The van der Waals surface area contributed by atoms with E-state index in [4.69, 9.17) is 4.74 Å². The summed E-state index contributed by atoms with van der Waals surface area (Å²) in [5.74, 6) is -0.317. The number of amides is 4. The average molecular weight is 274 g/mol. The average Bonchev–Trinajstić information content (AvgIpc) is 2.20. The molecule has 8 nitrogen and oxygen atoms in total. The Kier molecular flexibility index (Phi) is 6.67. The van der Waals surface area contributed by atoms with Gasteiger partial charge in [-0.3, -0.25) is 4.79 Å². The fraction of sp³-hybridized carbons (Fsp3) is 0.727. The second-order valence-electron chi connectivity index (χ2n) is 5.16. The van der Waals surface area contributed by atoms with E-state index in [2.05, 4.69) is 16.1 Å². The highest BCUT2D eigenvalue weighted by Gasteiger charge is 2.16. The molecule has 0 bridgehead atoms. The lowest BCUT2D eigenvalue weighted by Crippen LogP contribution is -2.50. The molecule has 0 aromatic heterocycles. The van der Waals surface area contributed by atoms with Gasteiger partial charge in [0.1, 0.15) is 5.60 Å². The van der Waals surface area contributed by atoms with Crippen LogP contribution in [0.2, 0.25) is 0 Å². The van der Waals surface area contributed by atoms with E-state index >= 15 is 0 Å². The molecule has 0 fully saturated rings. The van der Waals surface area contributed by atoms with Gasteiger partial charge in [0.05, 0.1) is 6.54 Å². The SMILES string of the molecule is CC(C)NC(=O)CNC(=O)NNC(=O)OC(C)(C)C. The molecule has 0 aromatic rings. The summed E-state index contributed by atoms with van der Waals surface area (Å²) in [6, 6.07) is -0.706. The maximum atomic E-state index is 11.2. The number of carbonyl (C=O) groups is 3. The van der Waals surface area contributed by atoms with Crippen LogP contribution in [0.5, 0.6) is 0 Å². The Balaban J connectivity index is 3.82. The highest BCUT2D eigenvalue weighted by molar-refractivity contribution is 5.84. The maximum absolute atomic E-state index is 11.2. The van der Waals surface area contributed by atoms with Gasteiger partial charge in [0, 0.05) is 6.04 Å². The molecule has 8 heteroatoms. The van der Waals surface area contributed by atoms with Crippen molar-refractivity contribution in [2.45, 2.75) is 46.3 Å². The predicted molar refractivity (Wildman–Crippen MR) is 69.2 cm³/mol. The Morgan fingerprint density at radius 3 is 2.16 bits per heavy atom. The molecular formula is C11H22N4O4. The molecule has 0 rings (SSSR count). The number of hydrogen-bond acceptors (Lipinski definition) is 4. The van der Waals surface area contributed by atoms with Crippen LogP contribution >= 0.6 is 0 Å². The molecule has 0 unspecified atom stereocenters. The molecule has 0 aliphatic heterocycles. The van der Waals surface area contributed by atoms with Crippen molar-refractivity contribution in [1.82, 2.24) is 21.5 Å². The fourth-order valence-corrected chi connectivity index (χ4v) is 0.989. The van der Waals surface area contributed by atoms with Crippen LogP contribution in [0.3, 0.4) is 0 Å². The van der Waals surface area contributed by atoms with Crippen molar-refractivity contribution in [3.8, 4) is 0 Å². The van der Waals surface area contributed by atoms with E-state index in [-0.39, 0.29) is 18.5 Å². The minimum Gasteiger partial charge on any atom is -0.443 e. The van der Waals surface area contributed by atoms with Crippen molar-refractivity contribution in [3.05, 3.63) is 0 Å². The first-order valence-electron chi connectivity index (χ1n) is 5.92. The van der Waals surface area contributed by atoms with E-state index in [9.17, 15) is 14.4 Å². The van der Waals surface area contributed by atoms with E-state index in [1.165, 1.54) is 0 Å². The third-order valence-corrected chi connectivity index (χ3v) is 1.54. The third kappa shape index (κ3) is 10.9.